The van der Waals surface area contributed by atoms with E-state index in [1.54, 1.807) is 18.3 Å². The maximum Gasteiger partial charge on any atom is 0.289 e. The SMILES string of the molecule is Cc1ncccc1Oc1cnn(C(C)(C)C)c(=O)c1Cl. The minimum Gasteiger partial charge on any atom is -0.452 e. The number of nitrogens with zero attached hydrogens (tertiary/aromatic N) is 3. The van der Waals surface area contributed by atoms with E-state index in [1.807, 2.05) is 27.7 Å². The van der Waals surface area contributed by atoms with E-state index in [0.29, 0.717) is 11.4 Å². The maximum atomic E-state index is 12.2. The van der Waals surface area contributed by atoms with E-state index in [4.69, 9.17) is 16.3 Å². The van der Waals surface area contributed by atoms with Gasteiger partial charge in [0.2, 0.25) is 0 Å². The van der Waals surface area contributed by atoms with Crippen LogP contribution in [0.3, 0.4) is 0 Å². The number of rotatable bonds is 2. The molecule has 2 heterocycles. The number of pyridine rings is 1. The molecule has 0 spiro atoms. The normalized spacial score (nSPS) is 11.4. The number of halogens is 1. The van der Waals surface area contributed by atoms with Crippen LogP contribution in [0.4, 0.5) is 0 Å². The van der Waals surface area contributed by atoms with Crippen molar-refractivity contribution in [3.8, 4) is 11.5 Å². The van der Waals surface area contributed by atoms with Gasteiger partial charge in [-0.1, -0.05) is 11.6 Å². The molecule has 0 saturated heterocycles. The molecular formula is C14H16ClN3O2. The highest BCUT2D eigenvalue weighted by atomic mass is 35.5. The number of hydrogen-bond donors (Lipinski definition) is 0. The quantitative estimate of drug-likeness (QED) is 0.853. The van der Waals surface area contributed by atoms with Crippen molar-refractivity contribution < 1.29 is 4.74 Å². The molecule has 0 radical (unpaired) electrons. The van der Waals surface area contributed by atoms with E-state index in [1.165, 1.54) is 10.9 Å². The predicted octanol–water partition coefficient (Wildman–Crippen LogP) is 3.15. The third-order valence-electron chi connectivity index (χ3n) is 2.70. The van der Waals surface area contributed by atoms with Crippen LogP contribution >= 0.6 is 11.6 Å². The van der Waals surface area contributed by atoms with E-state index in [9.17, 15) is 4.79 Å². The summed E-state index contributed by atoms with van der Waals surface area (Å²) in [5.74, 6) is 0.775. The van der Waals surface area contributed by atoms with Gasteiger partial charge in [0.05, 0.1) is 17.4 Å². The molecule has 0 amide bonds. The highest BCUT2D eigenvalue weighted by Gasteiger charge is 2.20. The summed E-state index contributed by atoms with van der Waals surface area (Å²) in [5, 5.41) is 4.12. The van der Waals surface area contributed by atoms with Gasteiger partial charge in [0.25, 0.3) is 5.56 Å². The second-order valence-corrected chi connectivity index (χ2v) is 5.78. The Hall–Kier alpha value is -1.88. The predicted molar refractivity (Wildman–Crippen MR) is 77.6 cm³/mol. The Kier molecular flexibility index (Phi) is 3.81. The summed E-state index contributed by atoms with van der Waals surface area (Å²) in [7, 11) is 0. The van der Waals surface area contributed by atoms with Gasteiger partial charge in [0, 0.05) is 6.20 Å². The van der Waals surface area contributed by atoms with Gasteiger partial charge in [0.15, 0.2) is 10.8 Å². The zero-order chi connectivity index (χ0) is 14.9. The van der Waals surface area contributed by atoms with E-state index in [2.05, 4.69) is 10.1 Å². The van der Waals surface area contributed by atoms with Gasteiger partial charge in [-0.05, 0) is 39.8 Å². The van der Waals surface area contributed by atoms with Crippen molar-refractivity contribution in [2.75, 3.05) is 0 Å². The summed E-state index contributed by atoms with van der Waals surface area (Å²) in [6.07, 6.45) is 3.11. The van der Waals surface area contributed by atoms with Gasteiger partial charge in [0.1, 0.15) is 5.75 Å². The number of aryl methyl sites for hydroxylation is 1. The Morgan fingerprint density at radius 2 is 2.00 bits per heavy atom. The number of ether oxygens (including phenoxy) is 1. The fourth-order valence-corrected chi connectivity index (χ4v) is 1.83. The van der Waals surface area contributed by atoms with Gasteiger partial charge < -0.3 is 4.74 Å². The topological polar surface area (TPSA) is 57.0 Å². The smallest absolute Gasteiger partial charge is 0.289 e. The molecular weight excluding hydrogens is 278 g/mol. The monoisotopic (exact) mass is 293 g/mol. The third kappa shape index (κ3) is 2.82. The largest absolute Gasteiger partial charge is 0.452 e. The zero-order valence-corrected chi connectivity index (χ0v) is 12.6. The number of hydrogen-bond acceptors (Lipinski definition) is 4. The molecule has 0 aromatic carbocycles. The zero-order valence-electron chi connectivity index (χ0n) is 11.8. The minimum atomic E-state index is -0.441. The first-order valence-corrected chi connectivity index (χ1v) is 6.56. The molecule has 106 valence electrons. The van der Waals surface area contributed by atoms with Crippen molar-refractivity contribution >= 4 is 11.6 Å². The molecule has 0 unspecified atom stereocenters. The Labute approximate surface area is 122 Å². The Morgan fingerprint density at radius 1 is 1.30 bits per heavy atom. The molecule has 0 aliphatic carbocycles. The molecule has 2 aromatic rings. The Bertz CT molecular complexity index is 690. The van der Waals surface area contributed by atoms with Crippen LogP contribution in [0.25, 0.3) is 0 Å². The van der Waals surface area contributed by atoms with Crippen molar-refractivity contribution in [3.05, 3.63) is 45.6 Å². The van der Waals surface area contributed by atoms with Gasteiger partial charge in [-0.25, -0.2) is 4.68 Å². The molecule has 0 aliphatic heterocycles. The average molecular weight is 294 g/mol. The Balaban J connectivity index is 2.44. The molecule has 5 nitrogen and oxygen atoms in total. The lowest BCUT2D eigenvalue weighted by molar-refractivity contribution is 0.333. The second-order valence-electron chi connectivity index (χ2n) is 5.40. The summed E-state index contributed by atoms with van der Waals surface area (Å²) in [4.78, 5) is 16.3. The first-order valence-electron chi connectivity index (χ1n) is 6.18. The van der Waals surface area contributed by atoms with E-state index in [-0.39, 0.29) is 16.3 Å². The molecule has 0 bridgehead atoms. The van der Waals surface area contributed by atoms with Crippen LogP contribution in [0.5, 0.6) is 11.5 Å². The van der Waals surface area contributed by atoms with Crippen LogP contribution in [0, 0.1) is 6.92 Å². The first-order chi connectivity index (χ1) is 9.30. The van der Waals surface area contributed by atoms with Gasteiger partial charge in [-0.15, -0.1) is 0 Å². The van der Waals surface area contributed by atoms with E-state index in [0.717, 1.165) is 0 Å². The summed E-state index contributed by atoms with van der Waals surface area (Å²) in [6.45, 7) is 7.45. The van der Waals surface area contributed by atoms with E-state index >= 15 is 0 Å². The van der Waals surface area contributed by atoms with Gasteiger partial charge >= 0.3 is 0 Å². The number of aromatic nitrogens is 3. The molecule has 0 saturated carbocycles. The van der Waals surface area contributed by atoms with Crippen molar-refractivity contribution in [2.45, 2.75) is 33.2 Å². The van der Waals surface area contributed by atoms with Crippen LogP contribution in [-0.2, 0) is 5.54 Å². The molecule has 2 rings (SSSR count). The summed E-state index contributed by atoms with van der Waals surface area (Å²) in [5.41, 5.74) is -0.106. The van der Waals surface area contributed by atoms with Crippen LogP contribution in [0.1, 0.15) is 26.5 Å². The molecule has 0 aliphatic rings. The van der Waals surface area contributed by atoms with Crippen molar-refractivity contribution in [3.63, 3.8) is 0 Å². The fraction of sp³-hybridized carbons (Fsp3) is 0.357. The summed E-state index contributed by atoms with van der Waals surface area (Å²) in [6, 6.07) is 3.51. The average Bonchev–Trinajstić information content (AvgIpc) is 2.36. The van der Waals surface area contributed by atoms with Crippen LogP contribution < -0.4 is 10.3 Å². The van der Waals surface area contributed by atoms with Crippen molar-refractivity contribution in [1.29, 1.82) is 0 Å². The third-order valence-corrected chi connectivity index (χ3v) is 3.05. The molecule has 0 atom stereocenters. The first kappa shape index (κ1) is 14.5. The summed E-state index contributed by atoms with van der Waals surface area (Å²) < 4.78 is 6.95. The highest BCUT2D eigenvalue weighted by molar-refractivity contribution is 6.31. The summed E-state index contributed by atoms with van der Waals surface area (Å²) >= 11 is 6.09. The van der Waals surface area contributed by atoms with Crippen molar-refractivity contribution in [1.82, 2.24) is 14.8 Å². The molecule has 20 heavy (non-hydrogen) atoms. The molecule has 2 aromatic heterocycles. The lowest BCUT2D eigenvalue weighted by Gasteiger charge is -2.21. The van der Waals surface area contributed by atoms with Crippen LogP contribution in [0.2, 0.25) is 5.02 Å². The van der Waals surface area contributed by atoms with E-state index < -0.39 is 5.54 Å². The highest BCUT2D eigenvalue weighted by Crippen LogP contribution is 2.27. The molecule has 0 fully saturated rings. The second kappa shape index (κ2) is 5.25. The fourth-order valence-electron chi connectivity index (χ4n) is 1.66. The lowest BCUT2D eigenvalue weighted by atomic mass is 10.1. The molecule has 0 N–H and O–H groups in total. The lowest BCUT2D eigenvalue weighted by Crippen LogP contribution is -2.36. The molecule has 6 heteroatoms. The maximum absolute atomic E-state index is 12.2. The van der Waals surface area contributed by atoms with Gasteiger partial charge in [-0.2, -0.15) is 5.10 Å². The van der Waals surface area contributed by atoms with Gasteiger partial charge in [-0.3, -0.25) is 9.78 Å². The van der Waals surface area contributed by atoms with Crippen molar-refractivity contribution in [2.24, 2.45) is 0 Å². The van der Waals surface area contributed by atoms with Crippen LogP contribution in [0.15, 0.2) is 29.3 Å². The van der Waals surface area contributed by atoms with Crippen LogP contribution in [-0.4, -0.2) is 14.8 Å². The minimum absolute atomic E-state index is 0.0122. The standard InChI is InChI=1S/C14H16ClN3O2/c1-9-10(6-5-7-16-9)20-11-8-17-18(14(2,3)4)13(19)12(11)15/h5-8H,1-4H3. The Morgan fingerprint density at radius 3 is 2.60 bits per heavy atom.